The van der Waals surface area contributed by atoms with E-state index in [1.807, 2.05) is 24.0 Å². The average molecular weight is 278 g/mol. The lowest BCUT2D eigenvalue weighted by molar-refractivity contribution is -0.133. The van der Waals surface area contributed by atoms with Crippen LogP contribution in [0.25, 0.3) is 0 Å². The molecule has 2 rings (SSSR count). The zero-order valence-electron chi connectivity index (χ0n) is 12.1. The van der Waals surface area contributed by atoms with Gasteiger partial charge >= 0.3 is 0 Å². The first-order valence-corrected chi connectivity index (χ1v) is 6.99. The van der Waals surface area contributed by atoms with Crippen LogP contribution in [0.4, 0.5) is 0 Å². The predicted octanol–water partition coefficient (Wildman–Crippen LogP) is 1.54. The van der Waals surface area contributed by atoms with Crippen LogP contribution in [-0.4, -0.2) is 37.1 Å². The number of carbonyl (C=O) groups excluding carboxylic acids is 1. The van der Waals surface area contributed by atoms with E-state index in [2.05, 4.69) is 0 Å². The summed E-state index contributed by atoms with van der Waals surface area (Å²) < 4.78 is 10.9. The highest BCUT2D eigenvalue weighted by atomic mass is 16.5. The number of carbonyl (C=O) groups is 1. The molecule has 1 aliphatic rings. The Bertz CT molecular complexity index is 450. The molecular formula is C15H22N2O3. The number of benzene rings is 1. The molecule has 0 radical (unpaired) electrons. The SMILES string of the molecule is CCN(C(=O)COc1c(CN)cccc1OC)C1CC1. The minimum Gasteiger partial charge on any atom is -0.493 e. The lowest BCUT2D eigenvalue weighted by Crippen LogP contribution is -2.36. The number of hydrogen-bond acceptors (Lipinski definition) is 4. The Morgan fingerprint density at radius 1 is 1.45 bits per heavy atom. The average Bonchev–Trinajstić information content (AvgIpc) is 3.30. The van der Waals surface area contributed by atoms with Crippen molar-refractivity contribution in [2.24, 2.45) is 5.73 Å². The second-order valence-electron chi connectivity index (χ2n) is 4.85. The lowest BCUT2D eigenvalue weighted by atomic mass is 10.2. The van der Waals surface area contributed by atoms with E-state index in [-0.39, 0.29) is 12.5 Å². The van der Waals surface area contributed by atoms with Crippen LogP contribution in [-0.2, 0) is 11.3 Å². The third-order valence-corrected chi connectivity index (χ3v) is 3.49. The van der Waals surface area contributed by atoms with Gasteiger partial charge in [-0.25, -0.2) is 0 Å². The van der Waals surface area contributed by atoms with Crippen LogP contribution in [0.1, 0.15) is 25.3 Å². The molecule has 2 N–H and O–H groups in total. The third kappa shape index (κ3) is 3.22. The summed E-state index contributed by atoms with van der Waals surface area (Å²) >= 11 is 0. The molecule has 1 aromatic carbocycles. The zero-order chi connectivity index (χ0) is 14.5. The molecule has 0 bridgehead atoms. The molecule has 0 unspecified atom stereocenters. The van der Waals surface area contributed by atoms with Crippen LogP contribution in [0.15, 0.2) is 18.2 Å². The molecule has 1 aromatic rings. The van der Waals surface area contributed by atoms with Crippen molar-refractivity contribution in [2.75, 3.05) is 20.3 Å². The van der Waals surface area contributed by atoms with Gasteiger partial charge in [0.1, 0.15) is 0 Å². The molecule has 0 aromatic heterocycles. The normalized spacial score (nSPS) is 13.9. The third-order valence-electron chi connectivity index (χ3n) is 3.49. The number of hydrogen-bond donors (Lipinski definition) is 1. The van der Waals surface area contributed by atoms with E-state index in [0.717, 1.165) is 24.9 Å². The van der Waals surface area contributed by atoms with Crippen molar-refractivity contribution < 1.29 is 14.3 Å². The van der Waals surface area contributed by atoms with E-state index in [0.29, 0.717) is 24.1 Å². The first-order chi connectivity index (χ1) is 9.71. The van der Waals surface area contributed by atoms with Crippen LogP contribution in [0, 0.1) is 0 Å². The molecule has 0 atom stereocenters. The number of nitrogens with zero attached hydrogens (tertiary/aromatic N) is 1. The van der Waals surface area contributed by atoms with Crippen molar-refractivity contribution in [3.8, 4) is 11.5 Å². The summed E-state index contributed by atoms with van der Waals surface area (Å²) in [5, 5.41) is 0. The molecule has 0 spiro atoms. The molecule has 1 saturated carbocycles. The Morgan fingerprint density at radius 2 is 2.20 bits per heavy atom. The van der Waals surface area contributed by atoms with Gasteiger partial charge in [0.25, 0.3) is 5.91 Å². The molecule has 20 heavy (non-hydrogen) atoms. The lowest BCUT2D eigenvalue weighted by Gasteiger charge is -2.21. The fourth-order valence-electron chi connectivity index (χ4n) is 2.29. The summed E-state index contributed by atoms with van der Waals surface area (Å²) in [5.74, 6) is 1.19. The first kappa shape index (κ1) is 14.7. The number of rotatable bonds is 7. The van der Waals surface area contributed by atoms with Crippen LogP contribution >= 0.6 is 0 Å². The van der Waals surface area contributed by atoms with Gasteiger partial charge in [0.2, 0.25) is 0 Å². The first-order valence-electron chi connectivity index (χ1n) is 6.99. The van der Waals surface area contributed by atoms with Gasteiger partial charge in [0.15, 0.2) is 18.1 Å². The molecule has 110 valence electrons. The smallest absolute Gasteiger partial charge is 0.260 e. The topological polar surface area (TPSA) is 64.8 Å². The second-order valence-corrected chi connectivity index (χ2v) is 4.85. The standard InChI is InChI=1S/C15H22N2O3/c1-3-17(12-7-8-12)14(18)10-20-15-11(9-16)5-4-6-13(15)19-2/h4-6,12H,3,7-10,16H2,1-2H3. The molecule has 1 fully saturated rings. The van der Waals surface area contributed by atoms with Crippen LogP contribution in [0.2, 0.25) is 0 Å². The summed E-state index contributed by atoms with van der Waals surface area (Å²) in [6.07, 6.45) is 2.20. The number of amides is 1. The molecule has 0 aliphatic heterocycles. The second kappa shape index (κ2) is 6.61. The van der Waals surface area contributed by atoms with Gasteiger partial charge in [-0.05, 0) is 25.8 Å². The molecular weight excluding hydrogens is 256 g/mol. The molecule has 5 heteroatoms. The molecule has 1 aliphatic carbocycles. The predicted molar refractivity (Wildman–Crippen MR) is 76.8 cm³/mol. The van der Waals surface area contributed by atoms with Crippen LogP contribution < -0.4 is 15.2 Å². The fraction of sp³-hybridized carbons (Fsp3) is 0.533. The van der Waals surface area contributed by atoms with Gasteiger partial charge in [0.05, 0.1) is 7.11 Å². The van der Waals surface area contributed by atoms with Crippen molar-refractivity contribution in [2.45, 2.75) is 32.4 Å². The molecule has 5 nitrogen and oxygen atoms in total. The van der Waals surface area contributed by atoms with Crippen molar-refractivity contribution >= 4 is 5.91 Å². The Morgan fingerprint density at radius 3 is 2.75 bits per heavy atom. The van der Waals surface area contributed by atoms with E-state index < -0.39 is 0 Å². The van der Waals surface area contributed by atoms with Crippen molar-refractivity contribution in [3.63, 3.8) is 0 Å². The summed E-state index contributed by atoms with van der Waals surface area (Å²) in [6.45, 7) is 3.09. The molecule has 1 amide bonds. The Labute approximate surface area is 119 Å². The van der Waals surface area contributed by atoms with Crippen LogP contribution in [0.3, 0.4) is 0 Å². The number of para-hydroxylation sites is 1. The maximum Gasteiger partial charge on any atom is 0.260 e. The minimum atomic E-state index is 0.0175. The number of nitrogens with two attached hydrogens (primary N) is 1. The summed E-state index contributed by atoms with van der Waals surface area (Å²) in [4.78, 5) is 14.0. The number of methoxy groups -OCH3 is 1. The fourth-order valence-corrected chi connectivity index (χ4v) is 2.29. The Hall–Kier alpha value is -1.75. The van der Waals surface area contributed by atoms with Gasteiger partial charge in [-0.15, -0.1) is 0 Å². The maximum atomic E-state index is 12.2. The van der Waals surface area contributed by atoms with Crippen molar-refractivity contribution in [3.05, 3.63) is 23.8 Å². The largest absolute Gasteiger partial charge is 0.493 e. The number of likely N-dealkylation sites (N-methyl/N-ethyl adjacent to an activating group) is 1. The van der Waals surface area contributed by atoms with Gasteiger partial charge < -0.3 is 20.1 Å². The highest BCUT2D eigenvalue weighted by Gasteiger charge is 2.31. The van der Waals surface area contributed by atoms with E-state index in [1.54, 1.807) is 13.2 Å². The van der Waals surface area contributed by atoms with E-state index >= 15 is 0 Å². The number of ether oxygens (including phenoxy) is 2. The van der Waals surface area contributed by atoms with Gasteiger partial charge in [-0.1, -0.05) is 12.1 Å². The minimum absolute atomic E-state index is 0.0175. The summed E-state index contributed by atoms with van der Waals surface area (Å²) in [6, 6.07) is 5.94. The summed E-state index contributed by atoms with van der Waals surface area (Å²) in [5.41, 5.74) is 6.53. The van der Waals surface area contributed by atoms with E-state index in [4.69, 9.17) is 15.2 Å². The van der Waals surface area contributed by atoms with Gasteiger partial charge in [0, 0.05) is 24.7 Å². The van der Waals surface area contributed by atoms with E-state index in [9.17, 15) is 4.79 Å². The zero-order valence-corrected chi connectivity index (χ0v) is 12.1. The molecule has 0 heterocycles. The van der Waals surface area contributed by atoms with Crippen LogP contribution in [0.5, 0.6) is 11.5 Å². The van der Waals surface area contributed by atoms with Gasteiger partial charge in [-0.2, -0.15) is 0 Å². The van der Waals surface area contributed by atoms with Gasteiger partial charge in [-0.3, -0.25) is 4.79 Å². The maximum absolute atomic E-state index is 12.2. The monoisotopic (exact) mass is 278 g/mol. The van der Waals surface area contributed by atoms with Crippen molar-refractivity contribution in [1.29, 1.82) is 0 Å². The Kier molecular flexibility index (Phi) is 4.84. The highest BCUT2D eigenvalue weighted by Crippen LogP contribution is 2.31. The summed E-state index contributed by atoms with van der Waals surface area (Å²) in [7, 11) is 1.58. The van der Waals surface area contributed by atoms with E-state index in [1.165, 1.54) is 0 Å². The van der Waals surface area contributed by atoms with Crippen molar-refractivity contribution in [1.82, 2.24) is 4.90 Å². The Balaban J connectivity index is 2.04. The quantitative estimate of drug-likeness (QED) is 0.821. The highest BCUT2D eigenvalue weighted by molar-refractivity contribution is 5.78. The molecule has 0 saturated heterocycles.